The number of rotatable bonds is 4. The topological polar surface area (TPSA) is 106 Å². The van der Waals surface area contributed by atoms with Crippen molar-refractivity contribution in [3.05, 3.63) is 126 Å². The molecular weight excluding hydrogens is 766 g/mol. The van der Waals surface area contributed by atoms with Crippen molar-refractivity contribution in [2.75, 3.05) is 0 Å². The molecule has 6 aromatic carbocycles. The molecule has 8 heteroatoms. The van der Waals surface area contributed by atoms with Crippen molar-refractivity contribution < 1.29 is 20.4 Å². The number of phenols is 4. The fourth-order valence-electron chi connectivity index (χ4n) is 5.87. The van der Waals surface area contributed by atoms with E-state index in [0.717, 1.165) is 50.9 Å². The second-order valence-electron chi connectivity index (χ2n) is 10.3. The minimum atomic E-state index is -1.31. The number of phenolic OH excluding ortho intramolecular Hbond substituents is 4. The predicted molar refractivity (Wildman–Crippen MR) is 188 cm³/mol. The Kier molecular flexibility index (Phi) is 6.77. The first-order valence-corrected chi connectivity index (χ1v) is 15.5. The molecule has 0 saturated heterocycles. The lowest BCUT2D eigenvalue weighted by molar-refractivity contribution is 0.404. The molecule has 0 bridgehead atoms. The Hall–Kier alpha value is -4.16. The molecule has 0 heterocycles. The maximum atomic E-state index is 11.0. The van der Waals surface area contributed by atoms with Crippen LogP contribution < -0.4 is 0 Å². The standard InChI is InChI=1S/C35H22I2N2O4/c36-27-13-5-11-25-31(27)32-26(12-6-14-28(32)37)35(25,38-17-23-21-9-3-1-7-19(21)15-29(40)33(23)42)39-18-24-22-10-4-2-8-20(22)16-30(41)34(24)43/h1-18,40-43H/b38-17+,39-18+. The Morgan fingerprint density at radius 2 is 0.953 bits per heavy atom. The minimum Gasteiger partial charge on any atom is -0.504 e. The van der Waals surface area contributed by atoms with E-state index in [2.05, 4.69) is 45.2 Å². The Labute approximate surface area is 274 Å². The van der Waals surface area contributed by atoms with Gasteiger partial charge in [0.15, 0.2) is 23.0 Å². The van der Waals surface area contributed by atoms with Gasteiger partial charge < -0.3 is 20.4 Å². The van der Waals surface area contributed by atoms with Crippen LogP contribution in [0.1, 0.15) is 22.3 Å². The summed E-state index contributed by atoms with van der Waals surface area (Å²) in [5.41, 5.74) is 3.09. The van der Waals surface area contributed by atoms with E-state index in [0.29, 0.717) is 11.1 Å². The molecule has 0 fully saturated rings. The molecule has 0 spiro atoms. The van der Waals surface area contributed by atoms with Crippen LogP contribution in [0.15, 0.2) is 107 Å². The van der Waals surface area contributed by atoms with Crippen LogP contribution in [-0.4, -0.2) is 32.9 Å². The van der Waals surface area contributed by atoms with Gasteiger partial charge in [-0.3, -0.25) is 9.98 Å². The van der Waals surface area contributed by atoms with Gasteiger partial charge >= 0.3 is 0 Å². The second kappa shape index (κ2) is 10.5. The summed E-state index contributed by atoms with van der Waals surface area (Å²) in [6.07, 6.45) is 3.13. The van der Waals surface area contributed by atoms with Gasteiger partial charge in [0.05, 0.1) is 0 Å². The molecule has 0 aliphatic heterocycles. The van der Waals surface area contributed by atoms with Crippen LogP contribution in [0.4, 0.5) is 0 Å². The monoisotopic (exact) mass is 788 g/mol. The van der Waals surface area contributed by atoms with Crippen molar-refractivity contribution in [1.29, 1.82) is 0 Å². The largest absolute Gasteiger partial charge is 0.504 e. The van der Waals surface area contributed by atoms with Gasteiger partial charge in [-0.2, -0.15) is 0 Å². The summed E-state index contributed by atoms with van der Waals surface area (Å²) < 4.78 is 2.06. The molecule has 0 saturated carbocycles. The molecule has 0 atom stereocenters. The molecular formula is C35H22I2N2O4. The molecule has 6 nitrogen and oxygen atoms in total. The third-order valence-electron chi connectivity index (χ3n) is 7.87. The maximum Gasteiger partial charge on any atom is 0.202 e. The predicted octanol–water partition coefficient (Wildman–Crippen LogP) is 8.44. The highest BCUT2D eigenvalue weighted by atomic mass is 127. The normalized spacial score (nSPS) is 13.7. The summed E-state index contributed by atoms with van der Waals surface area (Å²) in [6.45, 7) is 0. The van der Waals surface area contributed by atoms with Gasteiger partial charge in [0.25, 0.3) is 0 Å². The lowest BCUT2D eigenvalue weighted by Gasteiger charge is -2.24. The molecule has 4 N–H and O–H groups in total. The van der Waals surface area contributed by atoms with Crippen LogP contribution in [0, 0.1) is 7.14 Å². The number of nitrogens with zero attached hydrogens (tertiary/aromatic N) is 2. The molecule has 6 aromatic rings. The van der Waals surface area contributed by atoms with Crippen LogP contribution in [0.3, 0.4) is 0 Å². The van der Waals surface area contributed by atoms with Crippen molar-refractivity contribution in [3.8, 4) is 34.1 Å². The molecule has 43 heavy (non-hydrogen) atoms. The highest BCUT2D eigenvalue weighted by Gasteiger charge is 2.44. The van der Waals surface area contributed by atoms with E-state index in [9.17, 15) is 20.4 Å². The van der Waals surface area contributed by atoms with Gasteiger partial charge in [-0.15, -0.1) is 0 Å². The van der Waals surface area contributed by atoms with Gasteiger partial charge in [-0.1, -0.05) is 72.8 Å². The van der Waals surface area contributed by atoms with Crippen LogP contribution in [0.25, 0.3) is 32.7 Å². The van der Waals surface area contributed by atoms with Gasteiger partial charge in [0, 0.05) is 53.0 Å². The first-order valence-electron chi connectivity index (χ1n) is 13.4. The Bertz CT molecular complexity index is 2020. The summed E-state index contributed by atoms with van der Waals surface area (Å²) in [5.74, 6) is -1.04. The average Bonchev–Trinajstić information content (AvgIpc) is 3.29. The second-order valence-corrected chi connectivity index (χ2v) is 12.6. The summed E-state index contributed by atoms with van der Waals surface area (Å²) in [7, 11) is 0. The van der Waals surface area contributed by atoms with E-state index in [-0.39, 0.29) is 23.0 Å². The Balaban J connectivity index is 1.55. The van der Waals surface area contributed by atoms with Gasteiger partial charge in [0.2, 0.25) is 5.66 Å². The number of hydrogen-bond donors (Lipinski definition) is 4. The van der Waals surface area contributed by atoms with Crippen molar-refractivity contribution in [3.63, 3.8) is 0 Å². The summed E-state index contributed by atoms with van der Waals surface area (Å²) in [4.78, 5) is 10.3. The van der Waals surface area contributed by atoms with Gasteiger partial charge in [-0.25, -0.2) is 0 Å². The number of benzene rings is 6. The Morgan fingerprint density at radius 3 is 1.40 bits per heavy atom. The number of aliphatic imine (C=N–C) groups is 2. The number of aromatic hydroxyl groups is 4. The lowest BCUT2D eigenvalue weighted by atomic mass is 9.97. The molecule has 1 aliphatic carbocycles. The fourth-order valence-corrected chi connectivity index (χ4v) is 7.41. The van der Waals surface area contributed by atoms with E-state index in [1.165, 1.54) is 12.1 Å². The van der Waals surface area contributed by atoms with Gasteiger partial charge in [0.1, 0.15) is 0 Å². The van der Waals surface area contributed by atoms with E-state index in [1.54, 1.807) is 12.4 Å². The van der Waals surface area contributed by atoms with E-state index in [4.69, 9.17) is 9.98 Å². The molecule has 1 aliphatic rings. The SMILES string of the molecule is Oc1cc2ccccc2c(/C=N/C2(/N=C/c3c(O)c(O)cc4ccccc34)c3cccc(I)c3-c3c(I)cccc32)c1O. The smallest absolute Gasteiger partial charge is 0.202 e. The van der Waals surface area contributed by atoms with Crippen molar-refractivity contribution >= 4 is 79.2 Å². The van der Waals surface area contributed by atoms with Crippen LogP contribution in [0.2, 0.25) is 0 Å². The molecule has 0 aromatic heterocycles. The van der Waals surface area contributed by atoms with Crippen LogP contribution in [-0.2, 0) is 5.66 Å². The zero-order chi connectivity index (χ0) is 29.9. The summed E-state index contributed by atoms with van der Waals surface area (Å²) in [6, 6.07) is 29.9. The molecule has 0 unspecified atom stereocenters. The van der Waals surface area contributed by atoms with Crippen molar-refractivity contribution in [2.24, 2.45) is 9.98 Å². The average molecular weight is 788 g/mol. The molecule has 0 amide bonds. The zero-order valence-corrected chi connectivity index (χ0v) is 26.6. The van der Waals surface area contributed by atoms with E-state index < -0.39 is 5.66 Å². The number of halogens is 2. The minimum absolute atomic E-state index is 0.245. The van der Waals surface area contributed by atoms with E-state index in [1.807, 2.05) is 84.9 Å². The third-order valence-corrected chi connectivity index (χ3v) is 9.67. The number of hydrogen-bond acceptors (Lipinski definition) is 6. The van der Waals surface area contributed by atoms with Crippen LogP contribution in [0.5, 0.6) is 23.0 Å². The third kappa shape index (κ3) is 4.34. The number of fused-ring (bicyclic) bond motifs is 5. The van der Waals surface area contributed by atoms with Crippen LogP contribution >= 0.6 is 45.2 Å². The Morgan fingerprint density at radius 1 is 0.535 bits per heavy atom. The summed E-state index contributed by atoms with van der Waals surface area (Å²) >= 11 is 4.65. The molecule has 7 rings (SSSR count). The highest BCUT2D eigenvalue weighted by Crippen LogP contribution is 2.54. The maximum absolute atomic E-state index is 11.0. The lowest BCUT2D eigenvalue weighted by Crippen LogP contribution is -2.21. The highest BCUT2D eigenvalue weighted by molar-refractivity contribution is 14.1. The summed E-state index contributed by atoms with van der Waals surface area (Å²) in [5, 5.41) is 46.0. The quantitative estimate of drug-likeness (QED) is 0.0818. The van der Waals surface area contributed by atoms with E-state index >= 15 is 0 Å². The molecule has 0 radical (unpaired) electrons. The fraction of sp³-hybridized carbons (Fsp3) is 0.0286. The molecule has 210 valence electrons. The van der Waals surface area contributed by atoms with Crippen molar-refractivity contribution in [1.82, 2.24) is 0 Å². The van der Waals surface area contributed by atoms with Crippen molar-refractivity contribution in [2.45, 2.75) is 5.66 Å². The first-order chi connectivity index (χ1) is 20.8. The first kappa shape index (κ1) is 27.7. The zero-order valence-electron chi connectivity index (χ0n) is 22.3. The van der Waals surface area contributed by atoms with Gasteiger partial charge in [-0.05, 0) is 91.0 Å².